The summed E-state index contributed by atoms with van der Waals surface area (Å²) in [6.07, 6.45) is 1.64. The summed E-state index contributed by atoms with van der Waals surface area (Å²) in [5, 5.41) is 1.35. The summed E-state index contributed by atoms with van der Waals surface area (Å²) in [4.78, 5) is 35.7. The van der Waals surface area contributed by atoms with Gasteiger partial charge in [-0.05, 0) is 26.0 Å². The van der Waals surface area contributed by atoms with Gasteiger partial charge in [0.05, 0.1) is 5.75 Å². The van der Waals surface area contributed by atoms with Crippen molar-refractivity contribution in [3.05, 3.63) is 53.5 Å². The highest BCUT2D eigenvalue weighted by atomic mass is 32.2. The van der Waals surface area contributed by atoms with Gasteiger partial charge in [0.25, 0.3) is 0 Å². The zero-order valence-electron chi connectivity index (χ0n) is 13.9. The smallest absolute Gasteiger partial charge is 0.316 e. The Kier molecular flexibility index (Phi) is 5.14. The van der Waals surface area contributed by atoms with Crippen molar-refractivity contribution in [3.8, 4) is 0 Å². The standard InChI is InChI=1S/C18H17N3O3S/c1-11-7-12(2)21-18(20-11)25-10-17(23)24-9-16(22)14-8-19-15-6-4-3-5-13(14)15/h3-8,19H,9-10H2,1-2H3. The molecular formula is C18H17N3O3S. The number of nitrogens with one attached hydrogen (secondary N) is 1. The van der Waals surface area contributed by atoms with E-state index in [1.807, 2.05) is 44.2 Å². The van der Waals surface area contributed by atoms with E-state index in [0.29, 0.717) is 10.7 Å². The lowest BCUT2D eigenvalue weighted by Crippen LogP contribution is -2.15. The summed E-state index contributed by atoms with van der Waals surface area (Å²) < 4.78 is 5.08. The zero-order chi connectivity index (χ0) is 17.8. The van der Waals surface area contributed by atoms with E-state index < -0.39 is 5.97 Å². The maximum absolute atomic E-state index is 12.3. The summed E-state index contributed by atoms with van der Waals surface area (Å²) in [6.45, 7) is 3.46. The number of ketones is 1. The molecule has 0 radical (unpaired) electrons. The number of fused-ring (bicyclic) bond motifs is 1. The highest BCUT2D eigenvalue weighted by Gasteiger charge is 2.14. The molecule has 6 nitrogen and oxygen atoms in total. The Hall–Kier alpha value is -2.67. The molecule has 0 saturated heterocycles. The number of hydrogen-bond donors (Lipinski definition) is 1. The van der Waals surface area contributed by atoms with Gasteiger partial charge >= 0.3 is 5.97 Å². The largest absolute Gasteiger partial charge is 0.457 e. The molecule has 0 amide bonds. The molecular weight excluding hydrogens is 338 g/mol. The Labute approximate surface area is 149 Å². The van der Waals surface area contributed by atoms with Gasteiger partial charge in [-0.15, -0.1) is 0 Å². The average Bonchev–Trinajstić information content (AvgIpc) is 3.01. The number of Topliss-reactive ketones (excluding diaryl/α,β-unsaturated/α-hetero) is 1. The topological polar surface area (TPSA) is 84.9 Å². The third-order valence-electron chi connectivity index (χ3n) is 3.53. The van der Waals surface area contributed by atoms with E-state index in [-0.39, 0.29) is 18.1 Å². The lowest BCUT2D eigenvalue weighted by molar-refractivity contribution is -0.139. The monoisotopic (exact) mass is 355 g/mol. The second kappa shape index (κ2) is 7.48. The molecule has 0 aliphatic rings. The Morgan fingerprint density at radius 1 is 1.16 bits per heavy atom. The van der Waals surface area contributed by atoms with Gasteiger partial charge in [-0.2, -0.15) is 0 Å². The van der Waals surface area contributed by atoms with Crippen LogP contribution in [0.4, 0.5) is 0 Å². The molecule has 0 fully saturated rings. The van der Waals surface area contributed by atoms with Gasteiger partial charge in [0.15, 0.2) is 11.8 Å². The van der Waals surface area contributed by atoms with E-state index >= 15 is 0 Å². The molecule has 128 valence electrons. The fraction of sp³-hybridized carbons (Fsp3) is 0.222. The number of carbonyl (C=O) groups is 2. The minimum Gasteiger partial charge on any atom is -0.457 e. The van der Waals surface area contributed by atoms with Gasteiger partial charge in [0, 0.05) is 34.1 Å². The van der Waals surface area contributed by atoms with Crippen molar-refractivity contribution < 1.29 is 14.3 Å². The highest BCUT2D eigenvalue weighted by molar-refractivity contribution is 7.99. The number of aromatic amines is 1. The first-order chi connectivity index (χ1) is 12.0. The summed E-state index contributed by atoms with van der Waals surface area (Å²) in [5.41, 5.74) is 3.09. The molecule has 1 aromatic carbocycles. The van der Waals surface area contributed by atoms with Crippen LogP contribution in [0.5, 0.6) is 0 Å². The molecule has 25 heavy (non-hydrogen) atoms. The molecule has 3 aromatic rings. The van der Waals surface area contributed by atoms with Crippen LogP contribution in [0.15, 0.2) is 41.7 Å². The third-order valence-corrected chi connectivity index (χ3v) is 4.36. The van der Waals surface area contributed by atoms with E-state index in [9.17, 15) is 9.59 Å². The van der Waals surface area contributed by atoms with Crippen LogP contribution in [0.25, 0.3) is 10.9 Å². The Morgan fingerprint density at radius 3 is 2.64 bits per heavy atom. The lowest BCUT2D eigenvalue weighted by atomic mass is 10.1. The van der Waals surface area contributed by atoms with Crippen molar-refractivity contribution >= 4 is 34.4 Å². The van der Waals surface area contributed by atoms with E-state index in [2.05, 4.69) is 15.0 Å². The molecule has 0 unspecified atom stereocenters. The summed E-state index contributed by atoms with van der Waals surface area (Å²) in [6, 6.07) is 9.36. The van der Waals surface area contributed by atoms with Crippen LogP contribution in [0.1, 0.15) is 21.7 Å². The average molecular weight is 355 g/mol. The van der Waals surface area contributed by atoms with E-state index in [1.54, 1.807) is 6.20 Å². The van der Waals surface area contributed by atoms with Crippen molar-refractivity contribution in [2.75, 3.05) is 12.4 Å². The van der Waals surface area contributed by atoms with Crippen LogP contribution >= 0.6 is 11.8 Å². The SMILES string of the molecule is Cc1cc(C)nc(SCC(=O)OCC(=O)c2c[nH]c3ccccc23)n1. The van der Waals surface area contributed by atoms with Crippen LogP contribution in [-0.4, -0.2) is 39.1 Å². The molecule has 1 N–H and O–H groups in total. The molecule has 0 spiro atoms. The molecule has 0 aliphatic heterocycles. The lowest BCUT2D eigenvalue weighted by Gasteiger charge is -2.04. The van der Waals surface area contributed by atoms with Crippen molar-refractivity contribution in [1.29, 1.82) is 0 Å². The molecule has 0 bridgehead atoms. The zero-order valence-corrected chi connectivity index (χ0v) is 14.7. The minimum absolute atomic E-state index is 0.0596. The second-order valence-corrected chi connectivity index (χ2v) is 6.50. The summed E-state index contributed by atoms with van der Waals surface area (Å²) in [7, 11) is 0. The number of benzene rings is 1. The number of carbonyl (C=O) groups excluding carboxylic acids is 2. The fourth-order valence-electron chi connectivity index (χ4n) is 2.45. The van der Waals surface area contributed by atoms with Gasteiger partial charge in [0.2, 0.25) is 5.78 Å². The molecule has 7 heteroatoms. The number of thioether (sulfide) groups is 1. The maximum atomic E-state index is 12.3. The van der Waals surface area contributed by atoms with Crippen molar-refractivity contribution in [2.45, 2.75) is 19.0 Å². The number of esters is 1. The normalized spacial score (nSPS) is 10.8. The predicted molar refractivity (Wildman–Crippen MR) is 95.8 cm³/mol. The van der Waals surface area contributed by atoms with Crippen molar-refractivity contribution in [2.24, 2.45) is 0 Å². The summed E-state index contributed by atoms with van der Waals surface area (Å²) in [5.74, 6) is -0.649. The number of hydrogen-bond acceptors (Lipinski definition) is 6. The molecule has 3 rings (SSSR count). The van der Waals surface area contributed by atoms with Crippen molar-refractivity contribution in [3.63, 3.8) is 0 Å². The third kappa shape index (κ3) is 4.24. The predicted octanol–water partition coefficient (Wildman–Crippen LogP) is 3.09. The van der Waals surface area contributed by atoms with Gasteiger partial charge in [-0.25, -0.2) is 9.97 Å². The summed E-state index contributed by atoms with van der Waals surface area (Å²) >= 11 is 1.19. The van der Waals surface area contributed by atoms with Crippen LogP contribution in [-0.2, 0) is 9.53 Å². The molecule has 2 aromatic heterocycles. The van der Waals surface area contributed by atoms with E-state index in [1.165, 1.54) is 11.8 Å². The first-order valence-electron chi connectivity index (χ1n) is 7.73. The molecule has 0 atom stereocenters. The Balaban J connectivity index is 1.54. The number of aromatic nitrogens is 3. The van der Waals surface area contributed by atoms with Crippen molar-refractivity contribution in [1.82, 2.24) is 15.0 Å². The fourth-order valence-corrected chi connectivity index (χ4v) is 3.20. The van der Waals surface area contributed by atoms with Gasteiger partial charge in [0.1, 0.15) is 0 Å². The first kappa shape index (κ1) is 17.2. The van der Waals surface area contributed by atoms with Gasteiger partial charge in [-0.1, -0.05) is 30.0 Å². The van der Waals surface area contributed by atoms with Crippen LogP contribution in [0.3, 0.4) is 0 Å². The molecule has 0 aliphatic carbocycles. The number of aryl methyl sites for hydroxylation is 2. The second-order valence-electron chi connectivity index (χ2n) is 5.55. The first-order valence-corrected chi connectivity index (χ1v) is 8.71. The van der Waals surface area contributed by atoms with Crippen LogP contribution in [0.2, 0.25) is 0 Å². The van der Waals surface area contributed by atoms with Gasteiger partial charge in [-0.3, -0.25) is 9.59 Å². The minimum atomic E-state index is -0.471. The molecule has 2 heterocycles. The number of rotatable bonds is 6. The number of ether oxygens (including phenoxy) is 1. The highest BCUT2D eigenvalue weighted by Crippen LogP contribution is 2.18. The maximum Gasteiger partial charge on any atom is 0.316 e. The van der Waals surface area contributed by atoms with E-state index in [0.717, 1.165) is 22.3 Å². The Morgan fingerprint density at radius 2 is 1.88 bits per heavy atom. The van der Waals surface area contributed by atoms with E-state index in [4.69, 9.17) is 4.74 Å². The Bertz CT molecular complexity index is 916. The number of para-hydroxylation sites is 1. The number of nitrogens with zero attached hydrogens (tertiary/aromatic N) is 2. The quantitative estimate of drug-likeness (QED) is 0.316. The van der Waals surface area contributed by atoms with Gasteiger partial charge < -0.3 is 9.72 Å². The number of H-pyrrole nitrogens is 1. The molecule has 0 saturated carbocycles. The van der Waals surface area contributed by atoms with Crippen LogP contribution in [0, 0.1) is 13.8 Å². The van der Waals surface area contributed by atoms with Crippen LogP contribution < -0.4 is 0 Å².